The van der Waals surface area contributed by atoms with Gasteiger partial charge in [-0.05, 0) is 38.0 Å². The summed E-state index contributed by atoms with van der Waals surface area (Å²) in [5.41, 5.74) is 0.911. The molecule has 0 amide bonds. The standard InChI is InChI=1S/C14H22FN3O.HI/c1-4-16-14(17-5-2)18-9-8-11-6-7-13(19-3)12(15)10-11;/h6-7,10H,4-5,8-9H2,1-3H3,(H2,16,17,18);1H. The molecule has 0 saturated heterocycles. The third-order valence-electron chi connectivity index (χ3n) is 2.58. The van der Waals surface area contributed by atoms with Crippen molar-refractivity contribution in [2.75, 3.05) is 26.7 Å². The van der Waals surface area contributed by atoms with Crippen molar-refractivity contribution in [3.63, 3.8) is 0 Å². The van der Waals surface area contributed by atoms with Gasteiger partial charge in [0, 0.05) is 19.6 Å². The van der Waals surface area contributed by atoms with Gasteiger partial charge in [0.25, 0.3) is 0 Å². The second-order valence-corrected chi connectivity index (χ2v) is 4.01. The Morgan fingerprint density at radius 2 is 1.90 bits per heavy atom. The normalized spacial score (nSPS) is 9.40. The fourth-order valence-corrected chi connectivity index (χ4v) is 1.67. The first kappa shape index (κ1) is 18.9. The zero-order chi connectivity index (χ0) is 14.1. The van der Waals surface area contributed by atoms with Gasteiger partial charge in [0.1, 0.15) is 0 Å². The van der Waals surface area contributed by atoms with Crippen LogP contribution in [-0.2, 0) is 6.42 Å². The fourth-order valence-electron chi connectivity index (χ4n) is 1.67. The van der Waals surface area contributed by atoms with Crippen molar-refractivity contribution in [2.45, 2.75) is 20.3 Å². The van der Waals surface area contributed by atoms with Crippen molar-refractivity contribution in [2.24, 2.45) is 4.99 Å². The quantitative estimate of drug-likeness (QED) is 0.442. The highest BCUT2D eigenvalue weighted by molar-refractivity contribution is 14.0. The largest absolute Gasteiger partial charge is 0.494 e. The summed E-state index contributed by atoms with van der Waals surface area (Å²) in [6.07, 6.45) is 0.696. The molecule has 0 aliphatic heterocycles. The maximum atomic E-state index is 13.5. The summed E-state index contributed by atoms with van der Waals surface area (Å²) in [5, 5.41) is 6.29. The van der Waals surface area contributed by atoms with Gasteiger partial charge < -0.3 is 15.4 Å². The first-order valence-electron chi connectivity index (χ1n) is 6.55. The van der Waals surface area contributed by atoms with Crippen LogP contribution in [0, 0.1) is 5.82 Å². The van der Waals surface area contributed by atoms with Crippen LogP contribution in [0.2, 0.25) is 0 Å². The Bertz CT molecular complexity index is 419. The number of hydrogen-bond donors (Lipinski definition) is 2. The second-order valence-electron chi connectivity index (χ2n) is 4.01. The van der Waals surface area contributed by atoms with Crippen LogP contribution in [0.25, 0.3) is 0 Å². The minimum Gasteiger partial charge on any atom is -0.494 e. The van der Waals surface area contributed by atoms with E-state index in [1.807, 2.05) is 19.9 Å². The molecule has 0 bridgehead atoms. The number of hydrogen-bond acceptors (Lipinski definition) is 2. The van der Waals surface area contributed by atoms with Gasteiger partial charge in [-0.15, -0.1) is 24.0 Å². The monoisotopic (exact) mass is 395 g/mol. The molecule has 1 rings (SSSR count). The minimum absolute atomic E-state index is 0. The first-order valence-corrected chi connectivity index (χ1v) is 6.55. The zero-order valence-corrected chi connectivity index (χ0v) is 14.5. The Labute approximate surface area is 137 Å². The van der Waals surface area contributed by atoms with Gasteiger partial charge in [0.2, 0.25) is 0 Å². The maximum Gasteiger partial charge on any atom is 0.191 e. The molecule has 0 fully saturated rings. The molecule has 0 atom stereocenters. The number of nitrogens with one attached hydrogen (secondary N) is 2. The Morgan fingerprint density at radius 1 is 1.25 bits per heavy atom. The van der Waals surface area contributed by atoms with Crippen LogP contribution in [0.5, 0.6) is 5.75 Å². The fraction of sp³-hybridized carbons (Fsp3) is 0.500. The number of methoxy groups -OCH3 is 1. The van der Waals surface area contributed by atoms with Crippen LogP contribution in [0.1, 0.15) is 19.4 Å². The van der Waals surface area contributed by atoms with Crippen LogP contribution < -0.4 is 15.4 Å². The number of aliphatic imine (C=N–C) groups is 1. The molecule has 0 saturated carbocycles. The van der Waals surface area contributed by atoms with Crippen molar-refractivity contribution < 1.29 is 9.13 Å². The van der Waals surface area contributed by atoms with Crippen LogP contribution in [0.3, 0.4) is 0 Å². The Balaban J connectivity index is 0.00000361. The van der Waals surface area contributed by atoms with Gasteiger partial charge in [-0.3, -0.25) is 4.99 Å². The molecule has 114 valence electrons. The van der Waals surface area contributed by atoms with Crippen molar-refractivity contribution in [3.05, 3.63) is 29.6 Å². The molecule has 1 aromatic carbocycles. The number of halogens is 2. The highest BCUT2D eigenvalue weighted by atomic mass is 127. The SMILES string of the molecule is CCNC(=NCCc1ccc(OC)c(F)c1)NCC.I. The molecule has 0 aromatic heterocycles. The molecule has 0 unspecified atom stereocenters. The first-order chi connectivity index (χ1) is 9.21. The Kier molecular flexibility index (Phi) is 10.1. The molecule has 0 aliphatic carbocycles. The molecule has 6 heteroatoms. The molecular formula is C14H23FIN3O. The van der Waals surface area contributed by atoms with E-state index >= 15 is 0 Å². The zero-order valence-electron chi connectivity index (χ0n) is 12.2. The van der Waals surface area contributed by atoms with E-state index in [9.17, 15) is 4.39 Å². The maximum absolute atomic E-state index is 13.5. The van der Waals surface area contributed by atoms with E-state index in [1.165, 1.54) is 13.2 Å². The third-order valence-corrected chi connectivity index (χ3v) is 2.58. The number of benzene rings is 1. The van der Waals surface area contributed by atoms with Crippen LogP contribution in [0.4, 0.5) is 4.39 Å². The van der Waals surface area contributed by atoms with E-state index in [0.29, 0.717) is 13.0 Å². The van der Waals surface area contributed by atoms with Crippen molar-refractivity contribution in [3.8, 4) is 5.75 Å². The smallest absolute Gasteiger partial charge is 0.191 e. The summed E-state index contributed by atoms with van der Waals surface area (Å²) >= 11 is 0. The van der Waals surface area contributed by atoms with Gasteiger partial charge in [0.05, 0.1) is 7.11 Å². The third kappa shape index (κ3) is 6.40. The number of ether oxygens (including phenoxy) is 1. The summed E-state index contributed by atoms with van der Waals surface area (Å²) in [7, 11) is 1.46. The van der Waals surface area contributed by atoms with E-state index in [-0.39, 0.29) is 35.5 Å². The molecule has 4 nitrogen and oxygen atoms in total. The van der Waals surface area contributed by atoms with Gasteiger partial charge in [-0.1, -0.05) is 6.07 Å². The molecule has 2 N–H and O–H groups in total. The number of guanidine groups is 1. The van der Waals surface area contributed by atoms with Crippen LogP contribution in [-0.4, -0.2) is 32.7 Å². The van der Waals surface area contributed by atoms with E-state index in [1.54, 1.807) is 6.07 Å². The molecule has 0 aliphatic rings. The highest BCUT2D eigenvalue weighted by Gasteiger charge is 2.03. The summed E-state index contributed by atoms with van der Waals surface area (Å²) in [6, 6.07) is 5.00. The molecule has 0 heterocycles. The van der Waals surface area contributed by atoms with E-state index < -0.39 is 0 Å². The highest BCUT2D eigenvalue weighted by Crippen LogP contribution is 2.17. The Hall–Kier alpha value is -1.05. The lowest BCUT2D eigenvalue weighted by Gasteiger charge is -2.09. The van der Waals surface area contributed by atoms with Gasteiger partial charge >= 0.3 is 0 Å². The van der Waals surface area contributed by atoms with Gasteiger partial charge in [-0.2, -0.15) is 0 Å². The second kappa shape index (κ2) is 10.7. The molecular weight excluding hydrogens is 372 g/mol. The van der Waals surface area contributed by atoms with Crippen molar-refractivity contribution in [1.82, 2.24) is 10.6 Å². The molecule has 0 radical (unpaired) electrons. The molecule has 1 aromatic rings. The van der Waals surface area contributed by atoms with Gasteiger partial charge in [-0.25, -0.2) is 4.39 Å². The lowest BCUT2D eigenvalue weighted by Crippen LogP contribution is -2.37. The van der Waals surface area contributed by atoms with Gasteiger partial charge in [0.15, 0.2) is 17.5 Å². The summed E-state index contributed by atoms with van der Waals surface area (Å²) in [5.74, 6) is 0.731. The van der Waals surface area contributed by atoms with Crippen molar-refractivity contribution >= 4 is 29.9 Å². The van der Waals surface area contributed by atoms with E-state index in [2.05, 4.69) is 15.6 Å². The number of nitrogens with zero attached hydrogens (tertiary/aromatic N) is 1. The summed E-state index contributed by atoms with van der Waals surface area (Å²) in [4.78, 5) is 4.41. The minimum atomic E-state index is -0.331. The Morgan fingerprint density at radius 3 is 2.40 bits per heavy atom. The van der Waals surface area contributed by atoms with Crippen molar-refractivity contribution in [1.29, 1.82) is 0 Å². The summed E-state index contributed by atoms with van der Waals surface area (Å²) < 4.78 is 18.4. The predicted octanol–water partition coefficient (Wildman–Crippen LogP) is 2.57. The summed E-state index contributed by atoms with van der Waals surface area (Å²) in [6.45, 7) is 6.30. The average molecular weight is 395 g/mol. The van der Waals surface area contributed by atoms with Crippen LogP contribution >= 0.6 is 24.0 Å². The number of rotatable bonds is 6. The lowest BCUT2D eigenvalue weighted by molar-refractivity contribution is 0.386. The molecule has 20 heavy (non-hydrogen) atoms. The van der Waals surface area contributed by atoms with E-state index in [0.717, 1.165) is 24.6 Å². The van der Waals surface area contributed by atoms with Crippen LogP contribution in [0.15, 0.2) is 23.2 Å². The molecule has 0 spiro atoms. The average Bonchev–Trinajstić information content (AvgIpc) is 2.39. The topological polar surface area (TPSA) is 45.7 Å². The van der Waals surface area contributed by atoms with E-state index in [4.69, 9.17) is 4.74 Å². The lowest BCUT2D eigenvalue weighted by atomic mass is 10.1. The predicted molar refractivity (Wildman–Crippen MR) is 91.7 cm³/mol.